The molecule has 0 fully saturated rings. The molecule has 0 aromatic rings. The second-order valence-electron chi connectivity index (χ2n) is 2.76. The average Bonchev–Trinajstić information content (AvgIpc) is 1.79. The van der Waals surface area contributed by atoms with Gasteiger partial charge in [0.15, 0.2) is 0 Å². The van der Waals surface area contributed by atoms with E-state index in [1.165, 1.54) is 0 Å². The molecule has 0 radical (unpaired) electrons. The number of hydrogen-bond donors (Lipinski definition) is 0. The molecular weight excluding hydrogens is 132 g/mol. The predicted octanol–water partition coefficient (Wildman–Crippen LogP) is 1.23. The van der Waals surface area contributed by atoms with Crippen molar-refractivity contribution in [2.45, 2.75) is 20.0 Å². The summed E-state index contributed by atoms with van der Waals surface area (Å²) in [6, 6.07) is 0. The van der Waals surface area contributed by atoms with Crippen molar-refractivity contribution in [3.8, 4) is 0 Å². The van der Waals surface area contributed by atoms with E-state index in [0.717, 1.165) is 5.20 Å². The third-order valence-corrected chi connectivity index (χ3v) is 4.39. The van der Waals surface area contributed by atoms with Crippen molar-refractivity contribution in [3.05, 3.63) is 11.3 Å². The van der Waals surface area contributed by atoms with Gasteiger partial charge in [-0.3, -0.25) is 0 Å². The highest BCUT2D eigenvalue weighted by atomic mass is 28.4. The van der Waals surface area contributed by atoms with Crippen molar-refractivity contribution in [3.63, 3.8) is 0 Å². The Morgan fingerprint density at radius 1 is 1.56 bits per heavy atom. The van der Waals surface area contributed by atoms with Gasteiger partial charge in [0.05, 0.1) is 0 Å². The van der Waals surface area contributed by atoms with Crippen LogP contribution in [0.15, 0.2) is 11.3 Å². The van der Waals surface area contributed by atoms with Gasteiger partial charge >= 0.3 is 5.97 Å². The summed E-state index contributed by atoms with van der Waals surface area (Å²) in [7, 11) is -1.70. The van der Waals surface area contributed by atoms with Crippen LogP contribution >= 0.6 is 0 Å². The third kappa shape index (κ3) is 1.05. The molecule has 0 N–H and O–H groups in total. The molecule has 1 rings (SSSR count). The minimum Gasteiger partial charge on any atom is -0.512 e. The van der Waals surface area contributed by atoms with Crippen LogP contribution in [0.25, 0.3) is 0 Å². The van der Waals surface area contributed by atoms with Crippen LogP contribution in [0.3, 0.4) is 0 Å². The average molecular weight is 142 g/mol. The second kappa shape index (κ2) is 1.70. The predicted molar refractivity (Wildman–Crippen MR) is 37.3 cm³/mol. The zero-order valence-electron chi connectivity index (χ0n) is 5.89. The van der Waals surface area contributed by atoms with Gasteiger partial charge < -0.3 is 4.43 Å². The molecule has 1 heterocycles. The molecule has 0 bridgehead atoms. The number of allylic oxidation sites excluding steroid dienone is 1. The van der Waals surface area contributed by atoms with E-state index in [1.54, 1.807) is 6.08 Å². The van der Waals surface area contributed by atoms with Crippen molar-refractivity contribution < 1.29 is 9.22 Å². The molecule has 1 aliphatic rings. The molecule has 0 unspecified atom stereocenters. The summed E-state index contributed by atoms with van der Waals surface area (Å²) in [5.74, 6) is -0.163. The lowest BCUT2D eigenvalue weighted by molar-refractivity contribution is -0.128. The molecular formula is C6H10O2Si. The van der Waals surface area contributed by atoms with Gasteiger partial charge in [0.2, 0.25) is 0 Å². The molecule has 0 aromatic heterocycles. The van der Waals surface area contributed by atoms with E-state index in [1.807, 2.05) is 20.0 Å². The van der Waals surface area contributed by atoms with Gasteiger partial charge in [0, 0.05) is 6.08 Å². The van der Waals surface area contributed by atoms with Crippen LogP contribution in [-0.4, -0.2) is 14.3 Å². The molecule has 0 saturated carbocycles. The van der Waals surface area contributed by atoms with Gasteiger partial charge in [-0.05, 0) is 25.2 Å². The lowest BCUT2D eigenvalue weighted by Gasteiger charge is -2.14. The first-order chi connectivity index (χ1) is 4.02. The summed E-state index contributed by atoms with van der Waals surface area (Å²) >= 11 is 0. The zero-order valence-corrected chi connectivity index (χ0v) is 6.89. The topological polar surface area (TPSA) is 26.3 Å². The summed E-state index contributed by atoms with van der Waals surface area (Å²) in [6.07, 6.45) is 1.59. The molecule has 1 aliphatic heterocycles. The summed E-state index contributed by atoms with van der Waals surface area (Å²) in [6.45, 7) is 5.99. The van der Waals surface area contributed by atoms with E-state index >= 15 is 0 Å². The Hall–Kier alpha value is -0.573. The fourth-order valence-corrected chi connectivity index (χ4v) is 1.90. The van der Waals surface area contributed by atoms with Gasteiger partial charge in [-0.2, -0.15) is 0 Å². The van der Waals surface area contributed by atoms with E-state index in [-0.39, 0.29) is 5.97 Å². The van der Waals surface area contributed by atoms with Crippen LogP contribution in [0.4, 0.5) is 0 Å². The maximum Gasteiger partial charge on any atom is 0.317 e. The van der Waals surface area contributed by atoms with Crippen LogP contribution in [0, 0.1) is 0 Å². The SMILES string of the molecule is CC1=CC(=O)O[Si]1(C)C. The monoisotopic (exact) mass is 142 g/mol. The maximum atomic E-state index is 10.6. The highest BCUT2D eigenvalue weighted by Gasteiger charge is 2.34. The summed E-state index contributed by atoms with van der Waals surface area (Å²) in [5, 5.41) is 1.13. The summed E-state index contributed by atoms with van der Waals surface area (Å²) < 4.78 is 5.07. The quantitative estimate of drug-likeness (QED) is 0.475. The Morgan fingerprint density at radius 3 is 2.22 bits per heavy atom. The maximum absolute atomic E-state index is 10.6. The first-order valence-electron chi connectivity index (χ1n) is 2.94. The Balaban J connectivity index is 2.89. The van der Waals surface area contributed by atoms with Crippen LogP contribution < -0.4 is 0 Å². The standard InChI is InChI=1S/C6H10O2Si/c1-5-4-6(7)8-9(5,2)3/h4H,1-3H3. The highest BCUT2D eigenvalue weighted by Crippen LogP contribution is 2.21. The van der Waals surface area contributed by atoms with Crippen LogP contribution in [-0.2, 0) is 9.22 Å². The smallest absolute Gasteiger partial charge is 0.317 e. The van der Waals surface area contributed by atoms with E-state index in [9.17, 15) is 4.79 Å². The minimum atomic E-state index is -1.70. The third-order valence-electron chi connectivity index (χ3n) is 1.64. The molecule has 9 heavy (non-hydrogen) atoms. The molecule has 0 aromatic carbocycles. The molecule has 0 atom stereocenters. The largest absolute Gasteiger partial charge is 0.512 e. The highest BCUT2D eigenvalue weighted by molar-refractivity contribution is 6.81. The fraction of sp³-hybridized carbons (Fsp3) is 0.500. The number of carbonyl (C=O) groups excluding carboxylic acids is 1. The summed E-state index contributed by atoms with van der Waals surface area (Å²) in [4.78, 5) is 10.6. The fourth-order valence-electron chi connectivity index (χ4n) is 0.712. The number of rotatable bonds is 0. The van der Waals surface area contributed by atoms with Gasteiger partial charge in [0.25, 0.3) is 8.32 Å². The Morgan fingerprint density at radius 2 is 2.11 bits per heavy atom. The Kier molecular flexibility index (Phi) is 1.24. The summed E-state index contributed by atoms with van der Waals surface area (Å²) in [5.41, 5.74) is 0. The first-order valence-corrected chi connectivity index (χ1v) is 5.85. The van der Waals surface area contributed by atoms with Crippen molar-refractivity contribution in [2.75, 3.05) is 0 Å². The molecule has 50 valence electrons. The molecule has 3 heteroatoms. The van der Waals surface area contributed by atoms with E-state index in [2.05, 4.69) is 0 Å². The van der Waals surface area contributed by atoms with E-state index < -0.39 is 8.32 Å². The molecule has 0 amide bonds. The van der Waals surface area contributed by atoms with Crippen molar-refractivity contribution in [2.24, 2.45) is 0 Å². The molecule has 2 nitrogen and oxygen atoms in total. The van der Waals surface area contributed by atoms with E-state index in [4.69, 9.17) is 4.43 Å². The van der Waals surface area contributed by atoms with Gasteiger partial charge in [-0.15, -0.1) is 0 Å². The van der Waals surface area contributed by atoms with Gasteiger partial charge in [-0.25, -0.2) is 4.79 Å². The molecule has 0 aliphatic carbocycles. The number of hydrogen-bond acceptors (Lipinski definition) is 2. The lowest BCUT2D eigenvalue weighted by atomic mass is 10.5. The van der Waals surface area contributed by atoms with Gasteiger partial charge in [-0.1, -0.05) is 0 Å². The van der Waals surface area contributed by atoms with Crippen LogP contribution in [0.2, 0.25) is 13.1 Å². The molecule has 0 spiro atoms. The first kappa shape index (κ1) is 6.55. The van der Waals surface area contributed by atoms with Crippen LogP contribution in [0.5, 0.6) is 0 Å². The van der Waals surface area contributed by atoms with E-state index in [0.29, 0.717) is 0 Å². The minimum absolute atomic E-state index is 0.163. The van der Waals surface area contributed by atoms with Crippen molar-refractivity contribution in [1.29, 1.82) is 0 Å². The lowest BCUT2D eigenvalue weighted by Crippen LogP contribution is -2.28. The Bertz CT molecular complexity index is 181. The zero-order chi connectivity index (χ0) is 7.07. The van der Waals surface area contributed by atoms with Gasteiger partial charge in [0.1, 0.15) is 0 Å². The normalized spacial score (nSPS) is 23.4. The van der Waals surface area contributed by atoms with Crippen LogP contribution in [0.1, 0.15) is 6.92 Å². The molecule has 0 saturated heterocycles. The second-order valence-corrected chi connectivity index (χ2v) is 6.77. The van der Waals surface area contributed by atoms with Crippen molar-refractivity contribution >= 4 is 14.3 Å². The number of carbonyl (C=O) groups is 1. The van der Waals surface area contributed by atoms with Crippen molar-refractivity contribution in [1.82, 2.24) is 0 Å². The Labute approximate surface area is 55.6 Å².